The third-order valence-electron chi connectivity index (χ3n) is 2.74. The van der Waals surface area contributed by atoms with Crippen LogP contribution in [-0.4, -0.2) is 20.2 Å². The molecular formula is C12H16ClN5. The highest BCUT2D eigenvalue weighted by Crippen LogP contribution is 2.29. The fourth-order valence-corrected chi connectivity index (χ4v) is 1.84. The summed E-state index contributed by atoms with van der Waals surface area (Å²) in [6, 6.07) is 5.47. The standard InChI is InChI=1S/C12H16ClN5/c1-8(2)6-7-18-12(15-16-17-18)9-4-3-5-10(13)11(9)14/h3-5,8H,6-7,14H2,1-2H3. The Bertz CT molecular complexity index is 535. The topological polar surface area (TPSA) is 69.6 Å². The van der Waals surface area contributed by atoms with Gasteiger partial charge in [-0.05, 0) is 34.9 Å². The molecule has 5 nitrogen and oxygen atoms in total. The molecule has 2 aromatic rings. The Kier molecular flexibility index (Phi) is 3.81. The Morgan fingerprint density at radius 3 is 2.89 bits per heavy atom. The minimum absolute atomic E-state index is 0.514. The number of hydrogen-bond acceptors (Lipinski definition) is 4. The van der Waals surface area contributed by atoms with Crippen molar-refractivity contribution in [2.75, 3.05) is 5.73 Å². The fourth-order valence-electron chi connectivity index (χ4n) is 1.66. The minimum Gasteiger partial charge on any atom is -0.397 e. The molecule has 0 amide bonds. The summed E-state index contributed by atoms with van der Waals surface area (Å²) in [5.74, 6) is 1.26. The number of nitrogen functional groups attached to an aromatic ring is 1. The zero-order valence-corrected chi connectivity index (χ0v) is 11.2. The Morgan fingerprint density at radius 1 is 1.39 bits per heavy atom. The van der Waals surface area contributed by atoms with Crippen LogP contribution in [-0.2, 0) is 6.54 Å². The van der Waals surface area contributed by atoms with Crippen LogP contribution < -0.4 is 5.73 Å². The molecule has 0 aliphatic carbocycles. The van der Waals surface area contributed by atoms with Crippen LogP contribution in [0.25, 0.3) is 11.4 Å². The third-order valence-corrected chi connectivity index (χ3v) is 3.07. The molecule has 18 heavy (non-hydrogen) atoms. The lowest BCUT2D eigenvalue weighted by atomic mass is 10.1. The number of anilines is 1. The molecule has 1 heterocycles. The van der Waals surface area contributed by atoms with Gasteiger partial charge in [0.2, 0.25) is 0 Å². The minimum atomic E-state index is 0.514. The van der Waals surface area contributed by atoms with Crippen molar-refractivity contribution in [3.8, 4) is 11.4 Å². The van der Waals surface area contributed by atoms with Crippen molar-refractivity contribution in [1.29, 1.82) is 0 Å². The van der Waals surface area contributed by atoms with Crippen molar-refractivity contribution >= 4 is 17.3 Å². The van der Waals surface area contributed by atoms with E-state index < -0.39 is 0 Å². The molecule has 0 saturated heterocycles. The van der Waals surface area contributed by atoms with Crippen LogP contribution in [0.2, 0.25) is 5.02 Å². The summed E-state index contributed by atoms with van der Waals surface area (Å²) >= 11 is 6.01. The van der Waals surface area contributed by atoms with E-state index in [2.05, 4.69) is 29.4 Å². The highest BCUT2D eigenvalue weighted by molar-refractivity contribution is 6.33. The zero-order valence-electron chi connectivity index (χ0n) is 10.5. The largest absolute Gasteiger partial charge is 0.397 e. The molecule has 2 N–H and O–H groups in total. The number of para-hydroxylation sites is 1. The van der Waals surface area contributed by atoms with E-state index >= 15 is 0 Å². The predicted octanol–water partition coefficient (Wildman–Crippen LogP) is 2.62. The lowest BCUT2D eigenvalue weighted by Gasteiger charge is -2.09. The van der Waals surface area contributed by atoms with Gasteiger partial charge in [-0.3, -0.25) is 0 Å². The average Bonchev–Trinajstić information content (AvgIpc) is 2.78. The van der Waals surface area contributed by atoms with Crippen molar-refractivity contribution in [1.82, 2.24) is 20.2 Å². The Balaban J connectivity index is 2.33. The number of hydrogen-bond donors (Lipinski definition) is 1. The highest BCUT2D eigenvalue weighted by Gasteiger charge is 2.13. The van der Waals surface area contributed by atoms with E-state index in [1.165, 1.54) is 0 Å². The van der Waals surface area contributed by atoms with E-state index in [4.69, 9.17) is 17.3 Å². The molecule has 0 spiro atoms. The van der Waals surface area contributed by atoms with Gasteiger partial charge < -0.3 is 5.73 Å². The second kappa shape index (κ2) is 5.35. The van der Waals surface area contributed by atoms with Gasteiger partial charge in [0, 0.05) is 12.1 Å². The number of nitrogens with zero attached hydrogens (tertiary/aromatic N) is 4. The molecule has 1 aromatic heterocycles. The van der Waals surface area contributed by atoms with E-state index in [0.717, 1.165) is 18.5 Å². The quantitative estimate of drug-likeness (QED) is 0.863. The smallest absolute Gasteiger partial charge is 0.184 e. The fraction of sp³-hybridized carbons (Fsp3) is 0.417. The molecule has 0 aliphatic rings. The first kappa shape index (κ1) is 12.8. The van der Waals surface area contributed by atoms with E-state index in [0.29, 0.717) is 22.5 Å². The number of nitrogens with two attached hydrogens (primary N) is 1. The molecule has 0 aliphatic heterocycles. The van der Waals surface area contributed by atoms with Crippen molar-refractivity contribution in [3.63, 3.8) is 0 Å². The van der Waals surface area contributed by atoms with Crippen molar-refractivity contribution in [3.05, 3.63) is 23.2 Å². The molecule has 1 aromatic carbocycles. The molecule has 0 unspecified atom stereocenters. The van der Waals surface area contributed by atoms with Gasteiger partial charge in [0.1, 0.15) is 0 Å². The summed E-state index contributed by atoms with van der Waals surface area (Å²) < 4.78 is 1.77. The van der Waals surface area contributed by atoms with Crippen LogP contribution in [0.5, 0.6) is 0 Å². The molecule has 0 fully saturated rings. The molecular weight excluding hydrogens is 250 g/mol. The van der Waals surface area contributed by atoms with Crippen LogP contribution in [0, 0.1) is 5.92 Å². The summed E-state index contributed by atoms with van der Waals surface area (Å²) in [4.78, 5) is 0. The number of aryl methyl sites for hydroxylation is 1. The zero-order chi connectivity index (χ0) is 13.1. The van der Waals surface area contributed by atoms with E-state index in [1.807, 2.05) is 12.1 Å². The van der Waals surface area contributed by atoms with Gasteiger partial charge >= 0.3 is 0 Å². The second-order valence-corrected chi connectivity index (χ2v) is 5.02. The summed E-state index contributed by atoms with van der Waals surface area (Å²) in [7, 11) is 0. The Morgan fingerprint density at radius 2 is 2.17 bits per heavy atom. The number of tetrazole rings is 1. The van der Waals surface area contributed by atoms with Crippen molar-refractivity contribution < 1.29 is 0 Å². The predicted molar refractivity (Wildman–Crippen MR) is 72.1 cm³/mol. The van der Waals surface area contributed by atoms with E-state index in [9.17, 15) is 0 Å². The maximum absolute atomic E-state index is 6.01. The molecule has 0 atom stereocenters. The van der Waals surface area contributed by atoms with Gasteiger partial charge in [-0.15, -0.1) is 5.10 Å². The number of halogens is 1. The van der Waals surface area contributed by atoms with Gasteiger partial charge in [0.25, 0.3) is 0 Å². The normalized spacial score (nSPS) is 11.1. The van der Waals surface area contributed by atoms with Gasteiger partial charge in [-0.1, -0.05) is 31.5 Å². The Labute approximate surface area is 111 Å². The average molecular weight is 266 g/mol. The van der Waals surface area contributed by atoms with Gasteiger partial charge in [-0.25, -0.2) is 4.68 Å². The maximum Gasteiger partial charge on any atom is 0.184 e. The number of benzene rings is 1. The van der Waals surface area contributed by atoms with Crippen molar-refractivity contribution in [2.45, 2.75) is 26.8 Å². The molecule has 6 heteroatoms. The molecule has 96 valence electrons. The lowest BCUT2D eigenvalue weighted by molar-refractivity contribution is 0.481. The monoisotopic (exact) mass is 265 g/mol. The first-order valence-electron chi connectivity index (χ1n) is 5.90. The Hall–Kier alpha value is -1.62. The van der Waals surface area contributed by atoms with Crippen LogP contribution in [0.3, 0.4) is 0 Å². The number of aromatic nitrogens is 4. The van der Waals surface area contributed by atoms with Crippen LogP contribution in [0.4, 0.5) is 5.69 Å². The van der Waals surface area contributed by atoms with Crippen LogP contribution in [0.15, 0.2) is 18.2 Å². The maximum atomic E-state index is 6.01. The molecule has 2 rings (SSSR count). The lowest BCUT2D eigenvalue weighted by Crippen LogP contribution is -2.06. The summed E-state index contributed by atoms with van der Waals surface area (Å²) in [5.41, 5.74) is 7.25. The van der Waals surface area contributed by atoms with Crippen molar-refractivity contribution in [2.24, 2.45) is 5.92 Å². The summed E-state index contributed by atoms with van der Waals surface area (Å²) in [6.45, 7) is 5.10. The highest BCUT2D eigenvalue weighted by atomic mass is 35.5. The number of rotatable bonds is 4. The van der Waals surface area contributed by atoms with Gasteiger partial charge in [-0.2, -0.15) is 0 Å². The van der Waals surface area contributed by atoms with E-state index in [-0.39, 0.29) is 0 Å². The molecule has 0 bridgehead atoms. The SMILES string of the molecule is CC(C)CCn1nnnc1-c1cccc(Cl)c1N. The molecule has 0 radical (unpaired) electrons. The van der Waals surface area contributed by atoms with Crippen LogP contribution >= 0.6 is 11.6 Å². The van der Waals surface area contributed by atoms with Gasteiger partial charge in [0.15, 0.2) is 5.82 Å². The first-order valence-corrected chi connectivity index (χ1v) is 6.28. The summed E-state index contributed by atoms with van der Waals surface area (Å²) in [6.07, 6.45) is 1.01. The third kappa shape index (κ3) is 2.61. The molecule has 0 saturated carbocycles. The van der Waals surface area contributed by atoms with E-state index in [1.54, 1.807) is 10.7 Å². The second-order valence-electron chi connectivity index (χ2n) is 4.61. The first-order chi connectivity index (χ1) is 8.59. The van der Waals surface area contributed by atoms with Gasteiger partial charge in [0.05, 0.1) is 10.7 Å². The summed E-state index contributed by atoms with van der Waals surface area (Å²) in [5, 5.41) is 12.3. The van der Waals surface area contributed by atoms with Crippen LogP contribution in [0.1, 0.15) is 20.3 Å².